The molecule has 0 aliphatic heterocycles. The van der Waals surface area contributed by atoms with Crippen LogP contribution in [0.5, 0.6) is 0 Å². The maximum absolute atomic E-state index is 4.05. The fourth-order valence-electron chi connectivity index (χ4n) is 2.11. The van der Waals surface area contributed by atoms with Gasteiger partial charge in [-0.25, -0.2) is 0 Å². The van der Waals surface area contributed by atoms with Gasteiger partial charge in [0.15, 0.2) is 0 Å². The zero-order valence-electron chi connectivity index (χ0n) is 10.5. The van der Waals surface area contributed by atoms with Crippen molar-refractivity contribution in [2.75, 3.05) is 0 Å². The van der Waals surface area contributed by atoms with E-state index in [4.69, 9.17) is 0 Å². The van der Waals surface area contributed by atoms with Crippen LogP contribution < -0.4 is 0 Å². The third-order valence-corrected chi connectivity index (χ3v) is 3.22. The molecule has 0 N–H and O–H groups in total. The molecule has 0 nitrogen and oxygen atoms in total. The van der Waals surface area contributed by atoms with Gasteiger partial charge in [-0.05, 0) is 58.8 Å². The molecule has 84 valence electrons. The average Bonchev–Trinajstić information content (AvgIpc) is 2.18. The van der Waals surface area contributed by atoms with E-state index in [1.165, 1.54) is 43.3 Å². The van der Waals surface area contributed by atoms with Crippen LogP contribution in [0.1, 0.15) is 52.9 Å². The zero-order valence-corrected chi connectivity index (χ0v) is 10.5. The van der Waals surface area contributed by atoms with Crippen LogP contribution in [0.3, 0.4) is 0 Å². The molecular formula is C15H24. The lowest BCUT2D eigenvalue weighted by Crippen LogP contribution is -2.06. The Morgan fingerprint density at radius 3 is 2.67 bits per heavy atom. The molecule has 0 amide bonds. The smallest absolute Gasteiger partial charge is 0.0171 e. The molecule has 15 heavy (non-hydrogen) atoms. The molecule has 1 aliphatic carbocycles. The first-order valence-corrected chi connectivity index (χ1v) is 6.06. The van der Waals surface area contributed by atoms with Gasteiger partial charge in [-0.1, -0.05) is 35.5 Å². The van der Waals surface area contributed by atoms with Crippen LogP contribution in [-0.2, 0) is 0 Å². The van der Waals surface area contributed by atoms with E-state index < -0.39 is 0 Å². The highest BCUT2D eigenvalue weighted by Crippen LogP contribution is 2.30. The Kier molecular flexibility index (Phi) is 4.87. The van der Waals surface area contributed by atoms with Crippen LogP contribution in [0, 0.1) is 5.92 Å². The van der Waals surface area contributed by atoms with Gasteiger partial charge in [-0.2, -0.15) is 0 Å². The molecule has 0 bridgehead atoms. The van der Waals surface area contributed by atoms with Gasteiger partial charge in [-0.3, -0.25) is 0 Å². The summed E-state index contributed by atoms with van der Waals surface area (Å²) in [6, 6.07) is 0. The van der Waals surface area contributed by atoms with Crippen LogP contribution in [0.4, 0.5) is 0 Å². The van der Waals surface area contributed by atoms with E-state index in [0.717, 1.165) is 5.92 Å². The molecule has 0 saturated heterocycles. The molecule has 0 saturated carbocycles. The lowest BCUT2D eigenvalue weighted by molar-refractivity contribution is 0.531. The quantitative estimate of drug-likeness (QED) is 0.563. The van der Waals surface area contributed by atoms with Gasteiger partial charge in [0.25, 0.3) is 0 Å². The summed E-state index contributed by atoms with van der Waals surface area (Å²) in [5.74, 6) is 0.747. The first-order valence-electron chi connectivity index (χ1n) is 6.06. The van der Waals surface area contributed by atoms with Crippen LogP contribution in [-0.4, -0.2) is 0 Å². The normalized spacial score (nSPS) is 20.7. The first kappa shape index (κ1) is 12.3. The molecule has 0 fully saturated rings. The van der Waals surface area contributed by atoms with Crippen molar-refractivity contribution in [1.82, 2.24) is 0 Å². The highest BCUT2D eigenvalue weighted by molar-refractivity contribution is 5.12. The van der Waals surface area contributed by atoms with Crippen molar-refractivity contribution >= 4 is 0 Å². The third-order valence-electron chi connectivity index (χ3n) is 3.22. The van der Waals surface area contributed by atoms with Crippen LogP contribution >= 0.6 is 0 Å². The average molecular weight is 204 g/mol. The Labute approximate surface area is 94.8 Å². The minimum atomic E-state index is 0.747. The predicted molar refractivity (Wildman–Crippen MR) is 68.9 cm³/mol. The number of hydrogen-bond donors (Lipinski definition) is 0. The molecule has 0 aromatic heterocycles. The molecule has 0 spiro atoms. The van der Waals surface area contributed by atoms with Crippen LogP contribution in [0.25, 0.3) is 0 Å². The monoisotopic (exact) mass is 204 g/mol. The fraction of sp³-hybridized carbons (Fsp3) is 0.600. The molecule has 1 rings (SSSR count). The first-order chi connectivity index (χ1) is 7.09. The maximum atomic E-state index is 4.05. The summed E-state index contributed by atoms with van der Waals surface area (Å²) in [6.07, 6.45) is 11.1. The summed E-state index contributed by atoms with van der Waals surface area (Å²) in [7, 11) is 0. The molecule has 0 radical (unpaired) electrons. The minimum absolute atomic E-state index is 0.747. The Morgan fingerprint density at radius 2 is 2.20 bits per heavy atom. The standard InChI is InChI=1S/C15H24/c1-12(2)6-5-7-14-8-10-15(11-9-14)13(3)4/h6,8,15H,3,5,7,9-11H2,1-2,4H3. The summed E-state index contributed by atoms with van der Waals surface area (Å²) >= 11 is 0. The second-order valence-corrected chi connectivity index (χ2v) is 5.00. The van der Waals surface area contributed by atoms with Gasteiger partial charge in [-0.15, -0.1) is 0 Å². The van der Waals surface area contributed by atoms with Gasteiger partial charge in [0.2, 0.25) is 0 Å². The van der Waals surface area contributed by atoms with Gasteiger partial charge in [0.1, 0.15) is 0 Å². The maximum Gasteiger partial charge on any atom is -0.0171 e. The van der Waals surface area contributed by atoms with E-state index >= 15 is 0 Å². The van der Waals surface area contributed by atoms with E-state index in [-0.39, 0.29) is 0 Å². The van der Waals surface area contributed by atoms with Crippen molar-refractivity contribution < 1.29 is 0 Å². The predicted octanol–water partition coefficient (Wildman–Crippen LogP) is 5.04. The Hall–Kier alpha value is -0.780. The molecule has 0 heterocycles. The fourth-order valence-corrected chi connectivity index (χ4v) is 2.11. The Bertz CT molecular complexity index is 274. The SMILES string of the molecule is C=C(C)C1CC=C(CCC=C(C)C)CC1. The summed E-state index contributed by atoms with van der Waals surface area (Å²) in [6.45, 7) is 10.6. The lowest BCUT2D eigenvalue weighted by atomic mass is 9.84. The number of hydrogen-bond acceptors (Lipinski definition) is 0. The topological polar surface area (TPSA) is 0 Å². The summed E-state index contributed by atoms with van der Waals surface area (Å²) in [5.41, 5.74) is 4.45. The Morgan fingerprint density at radius 1 is 1.47 bits per heavy atom. The molecule has 1 atom stereocenters. The van der Waals surface area contributed by atoms with Crippen molar-refractivity contribution in [3.8, 4) is 0 Å². The number of rotatable bonds is 4. The zero-order chi connectivity index (χ0) is 11.3. The van der Waals surface area contributed by atoms with Crippen molar-refractivity contribution in [3.63, 3.8) is 0 Å². The van der Waals surface area contributed by atoms with Crippen LogP contribution in [0.15, 0.2) is 35.5 Å². The van der Waals surface area contributed by atoms with E-state index in [9.17, 15) is 0 Å². The van der Waals surface area contributed by atoms with Crippen molar-refractivity contribution in [3.05, 3.63) is 35.5 Å². The van der Waals surface area contributed by atoms with Gasteiger partial charge >= 0.3 is 0 Å². The highest BCUT2D eigenvalue weighted by atomic mass is 14.2. The summed E-state index contributed by atoms with van der Waals surface area (Å²) < 4.78 is 0. The molecule has 0 aromatic rings. The molecule has 0 heteroatoms. The van der Waals surface area contributed by atoms with Crippen LogP contribution in [0.2, 0.25) is 0 Å². The van der Waals surface area contributed by atoms with Crippen molar-refractivity contribution in [2.45, 2.75) is 52.9 Å². The molecule has 0 aromatic carbocycles. The third kappa shape index (κ3) is 4.51. The van der Waals surface area contributed by atoms with E-state index in [2.05, 4.69) is 39.5 Å². The molecule has 1 unspecified atom stereocenters. The van der Waals surface area contributed by atoms with Gasteiger partial charge < -0.3 is 0 Å². The molecule has 1 aliphatic rings. The van der Waals surface area contributed by atoms with E-state index in [1.54, 1.807) is 5.57 Å². The summed E-state index contributed by atoms with van der Waals surface area (Å²) in [4.78, 5) is 0. The van der Waals surface area contributed by atoms with E-state index in [0.29, 0.717) is 0 Å². The second kappa shape index (κ2) is 5.95. The minimum Gasteiger partial charge on any atom is -0.0998 e. The van der Waals surface area contributed by atoms with Crippen molar-refractivity contribution in [1.29, 1.82) is 0 Å². The number of allylic oxidation sites excluding steroid dienone is 5. The summed E-state index contributed by atoms with van der Waals surface area (Å²) in [5, 5.41) is 0. The lowest BCUT2D eigenvalue weighted by Gasteiger charge is -2.21. The molecular weight excluding hydrogens is 180 g/mol. The van der Waals surface area contributed by atoms with Crippen molar-refractivity contribution in [2.24, 2.45) is 5.92 Å². The Balaban J connectivity index is 2.34. The highest BCUT2D eigenvalue weighted by Gasteiger charge is 2.13. The van der Waals surface area contributed by atoms with Gasteiger partial charge in [0, 0.05) is 0 Å². The van der Waals surface area contributed by atoms with E-state index in [1.807, 2.05) is 0 Å². The largest absolute Gasteiger partial charge is 0.0998 e. The van der Waals surface area contributed by atoms with Gasteiger partial charge in [0.05, 0.1) is 0 Å². The second-order valence-electron chi connectivity index (χ2n) is 5.00.